The summed E-state index contributed by atoms with van der Waals surface area (Å²) in [5.74, 6) is 0.253. The zero-order chi connectivity index (χ0) is 16.4. The maximum atomic E-state index is 12.2. The monoisotopic (exact) mass is 315 g/mol. The Morgan fingerprint density at radius 1 is 1.17 bits per heavy atom. The molecule has 1 heterocycles. The summed E-state index contributed by atoms with van der Waals surface area (Å²) in [5, 5.41) is 9.38. The highest BCUT2D eigenvalue weighted by Crippen LogP contribution is 2.44. The summed E-state index contributed by atoms with van der Waals surface area (Å²) < 4.78 is 0. The van der Waals surface area contributed by atoms with Crippen LogP contribution in [-0.2, 0) is 4.79 Å². The number of hydrogen-bond donors (Lipinski definition) is 1. The molecule has 1 N–H and O–H groups in total. The molecule has 1 saturated heterocycles. The summed E-state index contributed by atoms with van der Waals surface area (Å²) in [6, 6.07) is 7.70. The Bertz CT molecular complexity index is 577. The Kier molecular flexibility index (Phi) is 4.81. The SMILES string of the molecule is Cc1ccc(C(=O)CCCN2C[C@H](C(=O)O)[C@@H](C3CC3)C2)cc1. The molecule has 0 aromatic heterocycles. The van der Waals surface area contributed by atoms with Crippen LogP contribution in [0.4, 0.5) is 0 Å². The smallest absolute Gasteiger partial charge is 0.308 e. The van der Waals surface area contributed by atoms with Gasteiger partial charge in [-0.05, 0) is 44.6 Å². The first-order valence-electron chi connectivity index (χ1n) is 8.59. The van der Waals surface area contributed by atoms with Crippen LogP contribution in [0.1, 0.15) is 41.6 Å². The van der Waals surface area contributed by atoms with Gasteiger partial charge in [-0.1, -0.05) is 29.8 Å². The number of carbonyl (C=O) groups excluding carboxylic acids is 1. The van der Waals surface area contributed by atoms with E-state index in [-0.39, 0.29) is 11.7 Å². The number of ketones is 1. The van der Waals surface area contributed by atoms with Crippen molar-refractivity contribution in [1.82, 2.24) is 4.90 Å². The van der Waals surface area contributed by atoms with Crippen molar-refractivity contribution in [1.29, 1.82) is 0 Å². The number of rotatable bonds is 7. The van der Waals surface area contributed by atoms with Crippen LogP contribution >= 0.6 is 0 Å². The van der Waals surface area contributed by atoms with Crippen LogP contribution in [-0.4, -0.2) is 41.4 Å². The molecule has 1 aromatic carbocycles. The normalized spacial score (nSPS) is 24.7. The molecule has 0 unspecified atom stereocenters. The maximum absolute atomic E-state index is 12.2. The van der Waals surface area contributed by atoms with Crippen molar-refractivity contribution in [3.8, 4) is 0 Å². The Balaban J connectivity index is 1.46. The Morgan fingerprint density at radius 2 is 1.87 bits per heavy atom. The maximum Gasteiger partial charge on any atom is 0.308 e. The third kappa shape index (κ3) is 3.99. The van der Waals surface area contributed by atoms with E-state index in [0.29, 0.717) is 24.8 Å². The first kappa shape index (κ1) is 16.2. The Morgan fingerprint density at radius 3 is 2.48 bits per heavy atom. The minimum atomic E-state index is -0.653. The third-order valence-corrected chi connectivity index (χ3v) is 5.24. The van der Waals surface area contributed by atoms with Gasteiger partial charge in [-0.3, -0.25) is 9.59 Å². The molecular formula is C19H25NO3. The van der Waals surface area contributed by atoms with Crippen LogP contribution in [0.3, 0.4) is 0 Å². The molecule has 3 rings (SSSR count). The molecule has 2 aliphatic rings. The number of aliphatic carboxylic acids is 1. The number of carboxylic acid groups (broad SMARTS) is 1. The molecule has 0 spiro atoms. The zero-order valence-electron chi connectivity index (χ0n) is 13.7. The largest absolute Gasteiger partial charge is 0.481 e. The quantitative estimate of drug-likeness (QED) is 0.786. The number of aryl methyl sites for hydroxylation is 1. The van der Waals surface area contributed by atoms with Gasteiger partial charge in [-0.2, -0.15) is 0 Å². The average Bonchev–Trinajstić information content (AvgIpc) is 3.28. The van der Waals surface area contributed by atoms with Gasteiger partial charge in [-0.25, -0.2) is 0 Å². The molecule has 124 valence electrons. The molecular weight excluding hydrogens is 290 g/mol. The topological polar surface area (TPSA) is 57.6 Å². The van der Waals surface area contributed by atoms with E-state index >= 15 is 0 Å². The Hall–Kier alpha value is -1.68. The van der Waals surface area contributed by atoms with E-state index in [0.717, 1.165) is 30.6 Å². The molecule has 0 radical (unpaired) electrons. The second-order valence-corrected chi connectivity index (χ2v) is 7.10. The predicted octanol–water partition coefficient (Wildman–Crippen LogP) is 3.00. The van der Waals surface area contributed by atoms with Gasteiger partial charge in [0.05, 0.1) is 5.92 Å². The fourth-order valence-corrected chi connectivity index (χ4v) is 3.71. The third-order valence-electron chi connectivity index (χ3n) is 5.24. The molecule has 0 amide bonds. The zero-order valence-corrected chi connectivity index (χ0v) is 13.7. The fourth-order valence-electron chi connectivity index (χ4n) is 3.71. The fraction of sp³-hybridized carbons (Fsp3) is 0.579. The lowest BCUT2D eigenvalue weighted by Crippen LogP contribution is -2.25. The van der Waals surface area contributed by atoms with Gasteiger partial charge in [0.25, 0.3) is 0 Å². The van der Waals surface area contributed by atoms with Crippen molar-refractivity contribution in [2.24, 2.45) is 17.8 Å². The second-order valence-electron chi connectivity index (χ2n) is 7.10. The number of carbonyl (C=O) groups is 2. The highest BCUT2D eigenvalue weighted by atomic mass is 16.4. The summed E-state index contributed by atoms with van der Waals surface area (Å²) >= 11 is 0. The van der Waals surface area contributed by atoms with Gasteiger partial charge >= 0.3 is 5.97 Å². The van der Waals surface area contributed by atoms with Gasteiger partial charge in [0.2, 0.25) is 0 Å². The lowest BCUT2D eigenvalue weighted by atomic mass is 9.92. The molecule has 4 nitrogen and oxygen atoms in total. The van der Waals surface area contributed by atoms with E-state index in [1.165, 1.54) is 12.8 Å². The molecule has 4 heteroatoms. The minimum Gasteiger partial charge on any atom is -0.481 e. The molecule has 23 heavy (non-hydrogen) atoms. The number of Topliss-reactive ketones (excluding diaryl/α,β-unsaturated/α-hetero) is 1. The second kappa shape index (κ2) is 6.83. The number of hydrogen-bond acceptors (Lipinski definition) is 3. The van der Waals surface area contributed by atoms with Gasteiger partial charge in [0, 0.05) is 25.1 Å². The highest BCUT2D eigenvalue weighted by molar-refractivity contribution is 5.96. The summed E-state index contributed by atoms with van der Waals surface area (Å²) in [6.45, 7) is 4.37. The van der Waals surface area contributed by atoms with Gasteiger partial charge in [-0.15, -0.1) is 0 Å². The first-order valence-corrected chi connectivity index (χ1v) is 8.59. The minimum absolute atomic E-state index is 0.178. The molecule has 1 aliphatic heterocycles. The van der Waals surface area contributed by atoms with E-state index in [9.17, 15) is 14.7 Å². The van der Waals surface area contributed by atoms with Gasteiger partial charge in [0.1, 0.15) is 0 Å². The predicted molar refractivity (Wildman–Crippen MR) is 88.5 cm³/mol. The van der Waals surface area contributed by atoms with Crippen LogP contribution in [0.2, 0.25) is 0 Å². The van der Waals surface area contributed by atoms with Crippen LogP contribution < -0.4 is 0 Å². The van der Waals surface area contributed by atoms with Gasteiger partial charge < -0.3 is 10.0 Å². The van der Waals surface area contributed by atoms with Crippen molar-refractivity contribution < 1.29 is 14.7 Å². The van der Waals surface area contributed by atoms with E-state index in [4.69, 9.17) is 0 Å². The first-order chi connectivity index (χ1) is 11.0. The number of benzene rings is 1. The molecule has 1 aliphatic carbocycles. The lowest BCUT2D eigenvalue weighted by Gasteiger charge is -2.15. The highest BCUT2D eigenvalue weighted by Gasteiger charge is 2.45. The summed E-state index contributed by atoms with van der Waals surface area (Å²) in [6.07, 6.45) is 3.71. The molecule has 2 atom stereocenters. The van der Waals surface area contributed by atoms with E-state index in [1.54, 1.807) is 0 Å². The summed E-state index contributed by atoms with van der Waals surface area (Å²) in [5.41, 5.74) is 1.93. The van der Waals surface area contributed by atoms with Crippen molar-refractivity contribution in [2.45, 2.75) is 32.6 Å². The van der Waals surface area contributed by atoms with Crippen LogP contribution in [0, 0.1) is 24.7 Å². The molecule has 1 saturated carbocycles. The molecule has 0 bridgehead atoms. The van der Waals surface area contributed by atoms with Crippen molar-refractivity contribution in [2.75, 3.05) is 19.6 Å². The van der Waals surface area contributed by atoms with E-state index in [1.807, 2.05) is 31.2 Å². The van der Waals surface area contributed by atoms with Crippen molar-refractivity contribution in [3.05, 3.63) is 35.4 Å². The molecule has 2 fully saturated rings. The summed E-state index contributed by atoms with van der Waals surface area (Å²) in [7, 11) is 0. The standard InChI is InChI=1S/C19H25NO3/c1-13-4-6-15(7-5-13)18(21)3-2-10-20-11-16(14-8-9-14)17(12-20)19(22)23/h4-7,14,16-17H,2-3,8-12H2,1H3,(H,22,23)/t16-,17+/m1/s1. The summed E-state index contributed by atoms with van der Waals surface area (Å²) in [4.78, 5) is 25.8. The average molecular weight is 315 g/mol. The Labute approximate surface area is 137 Å². The van der Waals surface area contributed by atoms with E-state index < -0.39 is 5.97 Å². The van der Waals surface area contributed by atoms with Crippen LogP contribution in [0.5, 0.6) is 0 Å². The van der Waals surface area contributed by atoms with Crippen LogP contribution in [0.25, 0.3) is 0 Å². The molecule has 1 aromatic rings. The van der Waals surface area contributed by atoms with Crippen molar-refractivity contribution >= 4 is 11.8 Å². The van der Waals surface area contributed by atoms with Crippen molar-refractivity contribution in [3.63, 3.8) is 0 Å². The number of likely N-dealkylation sites (tertiary alicyclic amines) is 1. The number of nitrogens with zero attached hydrogens (tertiary/aromatic N) is 1. The number of carboxylic acids is 1. The lowest BCUT2D eigenvalue weighted by molar-refractivity contribution is -0.142. The van der Waals surface area contributed by atoms with Crippen LogP contribution in [0.15, 0.2) is 24.3 Å². The van der Waals surface area contributed by atoms with Gasteiger partial charge in [0.15, 0.2) is 5.78 Å². The van der Waals surface area contributed by atoms with E-state index in [2.05, 4.69) is 4.90 Å².